The van der Waals surface area contributed by atoms with Gasteiger partial charge in [0.25, 0.3) is 0 Å². The Morgan fingerprint density at radius 1 is 1.13 bits per heavy atom. The fraction of sp³-hybridized carbons (Fsp3) is 0.350. The third kappa shape index (κ3) is 3.73. The molecule has 0 radical (unpaired) electrons. The minimum absolute atomic E-state index is 0.0339. The van der Waals surface area contributed by atoms with Crippen molar-refractivity contribution in [2.75, 3.05) is 7.11 Å². The lowest BCUT2D eigenvalue weighted by Gasteiger charge is -2.16. The van der Waals surface area contributed by atoms with E-state index < -0.39 is 0 Å². The molecule has 0 bridgehead atoms. The SMILES string of the molecule is COc1ccc(CC(=O)N[C@@H](C)c2ccc3c(c2)CCC3)cc1. The van der Waals surface area contributed by atoms with Crippen LogP contribution >= 0.6 is 0 Å². The van der Waals surface area contributed by atoms with Gasteiger partial charge in [-0.05, 0) is 60.6 Å². The second-order valence-corrected chi connectivity index (χ2v) is 6.20. The first-order valence-corrected chi connectivity index (χ1v) is 8.19. The number of methoxy groups -OCH3 is 1. The van der Waals surface area contributed by atoms with Crippen LogP contribution in [0, 0.1) is 0 Å². The molecule has 1 amide bonds. The van der Waals surface area contributed by atoms with Crippen molar-refractivity contribution in [1.82, 2.24) is 5.32 Å². The number of carbonyl (C=O) groups excluding carboxylic acids is 1. The Hall–Kier alpha value is -2.29. The Bertz CT molecular complexity index is 691. The van der Waals surface area contributed by atoms with Gasteiger partial charge in [0.2, 0.25) is 5.91 Å². The zero-order valence-electron chi connectivity index (χ0n) is 13.8. The summed E-state index contributed by atoms with van der Waals surface area (Å²) in [5.74, 6) is 0.851. The van der Waals surface area contributed by atoms with Crippen molar-refractivity contribution >= 4 is 5.91 Å². The van der Waals surface area contributed by atoms with Gasteiger partial charge in [0.05, 0.1) is 19.6 Å². The summed E-state index contributed by atoms with van der Waals surface area (Å²) < 4.78 is 5.13. The number of fused-ring (bicyclic) bond motifs is 1. The lowest BCUT2D eigenvalue weighted by molar-refractivity contribution is -0.121. The number of aryl methyl sites for hydroxylation is 2. The number of nitrogens with one attached hydrogen (secondary N) is 1. The molecule has 0 spiro atoms. The summed E-state index contributed by atoms with van der Waals surface area (Å²) in [6, 6.07) is 14.3. The van der Waals surface area contributed by atoms with Crippen molar-refractivity contribution in [1.29, 1.82) is 0 Å². The van der Waals surface area contributed by atoms with E-state index in [0.717, 1.165) is 17.7 Å². The normalized spacial score (nSPS) is 14.2. The molecule has 0 aromatic heterocycles. The summed E-state index contributed by atoms with van der Waals surface area (Å²) >= 11 is 0. The Morgan fingerprint density at radius 3 is 2.61 bits per heavy atom. The smallest absolute Gasteiger partial charge is 0.224 e. The van der Waals surface area contributed by atoms with E-state index >= 15 is 0 Å². The monoisotopic (exact) mass is 309 g/mol. The van der Waals surface area contributed by atoms with E-state index in [-0.39, 0.29) is 11.9 Å². The molecule has 3 rings (SSSR count). The number of ether oxygens (including phenoxy) is 1. The molecule has 0 unspecified atom stereocenters. The highest BCUT2D eigenvalue weighted by Crippen LogP contribution is 2.25. The topological polar surface area (TPSA) is 38.3 Å². The van der Waals surface area contributed by atoms with Crippen molar-refractivity contribution in [2.24, 2.45) is 0 Å². The first-order chi connectivity index (χ1) is 11.2. The van der Waals surface area contributed by atoms with Crippen molar-refractivity contribution in [3.8, 4) is 5.75 Å². The summed E-state index contributed by atoms with van der Waals surface area (Å²) in [5.41, 5.74) is 5.09. The zero-order valence-corrected chi connectivity index (χ0v) is 13.8. The molecule has 23 heavy (non-hydrogen) atoms. The van der Waals surface area contributed by atoms with Crippen molar-refractivity contribution in [3.63, 3.8) is 0 Å². The second kappa shape index (κ2) is 6.86. The van der Waals surface area contributed by atoms with Crippen LogP contribution in [0.4, 0.5) is 0 Å². The average Bonchev–Trinajstić information content (AvgIpc) is 3.03. The van der Waals surface area contributed by atoms with Gasteiger partial charge < -0.3 is 10.1 Å². The Labute approximate surface area is 137 Å². The summed E-state index contributed by atoms with van der Waals surface area (Å²) in [4.78, 5) is 12.2. The molecular weight excluding hydrogens is 286 g/mol. The molecule has 120 valence electrons. The number of amides is 1. The second-order valence-electron chi connectivity index (χ2n) is 6.20. The maximum Gasteiger partial charge on any atom is 0.224 e. The van der Waals surface area contributed by atoms with Crippen LogP contribution in [0.3, 0.4) is 0 Å². The summed E-state index contributed by atoms with van der Waals surface area (Å²) in [7, 11) is 1.64. The standard InChI is InChI=1S/C20H23NO2/c1-14(17-9-8-16-4-3-5-18(16)13-17)21-20(22)12-15-6-10-19(23-2)11-7-15/h6-11,13-14H,3-5,12H2,1-2H3,(H,21,22)/t14-/m0/s1. The highest BCUT2D eigenvalue weighted by molar-refractivity contribution is 5.79. The highest BCUT2D eigenvalue weighted by Gasteiger charge is 2.15. The molecule has 0 saturated carbocycles. The van der Waals surface area contributed by atoms with Crippen molar-refractivity contribution < 1.29 is 9.53 Å². The summed E-state index contributed by atoms with van der Waals surface area (Å²) in [5, 5.41) is 3.09. The lowest BCUT2D eigenvalue weighted by atomic mass is 10.0. The third-order valence-electron chi connectivity index (χ3n) is 4.52. The van der Waals surface area contributed by atoms with Gasteiger partial charge in [-0.15, -0.1) is 0 Å². The number of hydrogen-bond acceptors (Lipinski definition) is 2. The molecule has 2 aromatic rings. The van der Waals surface area contributed by atoms with E-state index in [0.29, 0.717) is 6.42 Å². The van der Waals surface area contributed by atoms with E-state index in [1.165, 1.54) is 29.5 Å². The molecule has 0 saturated heterocycles. The largest absolute Gasteiger partial charge is 0.497 e. The van der Waals surface area contributed by atoms with Gasteiger partial charge >= 0.3 is 0 Å². The van der Waals surface area contributed by atoms with Crippen molar-refractivity contribution in [3.05, 3.63) is 64.7 Å². The molecule has 1 N–H and O–H groups in total. The fourth-order valence-electron chi connectivity index (χ4n) is 3.17. The summed E-state index contributed by atoms with van der Waals surface area (Å²) in [6.07, 6.45) is 3.99. The molecule has 1 aliphatic rings. The van der Waals surface area contributed by atoms with Crippen LogP contribution in [-0.4, -0.2) is 13.0 Å². The molecule has 0 heterocycles. The van der Waals surface area contributed by atoms with Gasteiger partial charge in [-0.2, -0.15) is 0 Å². The van der Waals surface area contributed by atoms with E-state index in [1.54, 1.807) is 7.11 Å². The Kier molecular flexibility index (Phi) is 4.65. The van der Waals surface area contributed by atoms with Crippen molar-refractivity contribution in [2.45, 2.75) is 38.6 Å². The van der Waals surface area contributed by atoms with Crippen LogP contribution in [0.5, 0.6) is 5.75 Å². The van der Waals surface area contributed by atoms with Gasteiger partial charge in [0, 0.05) is 0 Å². The molecule has 3 heteroatoms. The molecule has 2 aromatic carbocycles. The van der Waals surface area contributed by atoms with Gasteiger partial charge in [0.1, 0.15) is 5.75 Å². The first-order valence-electron chi connectivity index (χ1n) is 8.19. The molecule has 3 nitrogen and oxygen atoms in total. The van der Waals surface area contributed by atoms with E-state index in [9.17, 15) is 4.79 Å². The van der Waals surface area contributed by atoms with E-state index in [4.69, 9.17) is 4.74 Å². The molecule has 1 aliphatic carbocycles. The maximum absolute atomic E-state index is 12.2. The first kappa shape index (κ1) is 15.6. The Balaban J connectivity index is 1.60. The predicted octanol–water partition coefficient (Wildman–Crippen LogP) is 3.60. The fourth-order valence-corrected chi connectivity index (χ4v) is 3.17. The van der Waals surface area contributed by atoms with Crippen LogP contribution < -0.4 is 10.1 Å². The third-order valence-corrected chi connectivity index (χ3v) is 4.52. The number of hydrogen-bond donors (Lipinski definition) is 1. The average molecular weight is 309 g/mol. The van der Waals surface area contributed by atoms with Crippen LogP contribution in [0.15, 0.2) is 42.5 Å². The van der Waals surface area contributed by atoms with E-state index in [1.807, 2.05) is 31.2 Å². The van der Waals surface area contributed by atoms with Gasteiger partial charge in [-0.25, -0.2) is 0 Å². The lowest BCUT2D eigenvalue weighted by Crippen LogP contribution is -2.28. The molecule has 1 atom stereocenters. The highest BCUT2D eigenvalue weighted by atomic mass is 16.5. The number of rotatable bonds is 5. The maximum atomic E-state index is 12.2. The number of benzene rings is 2. The van der Waals surface area contributed by atoms with Gasteiger partial charge in [0.15, 0.2) is 0 Å². The van der Waals surface area contributed by atoms with Crippen LogP contribution in [0.25, 0.3) is 0 Å². The minimum atomic E-state index is 0.0339. The number of carbonyl (C=O) groups is 1. The van der Waals surface area contributed by atoms with Gasteiger partial charge in [-0.1, -0.05) is 30.3 Å². The van der Waals surface area contributed by atoms with E-state index in [2.05, 4.69) is 23.5 Å². The molecule has 0 fully saturated rings. The summed E-state index contributed by atoms with van der Waals surface area (Å²) in [6.45, 7) is 2.04. The predicted molar refractivity (Wildman–Crippen MR) is 91.7 cm³/mol. The Morgan fingerprint density at radius 2 is 1.87 bits per heavy atom. The zero-order chi connectivity index (χ0) is 16.2. The quantitative estimate of drug-likeness (QED) is 0.916. The molecule has 0 aliphatic heterocycles. The molecular formula is C20H23NO2. The van der Waals surface area contributed by atoms with Gasteiger partial charge in [-0.3, -0.25) is 4.79 Å². The van der Waals surface area contributed by atoms with Crippen LogP contribution in [0.2, 0.25) is 0 Å². The van der Waals surface area contributed by atoms with Crippen LogP contribution in [-0.2, 0) is 24.1 Å². The minimum Gasteiger partial charge on any atom is -0.497 e. The van der Waals surface area contributed by atoms with Crippen LogP contribution in [0.1, 0.15) is 41.6 Å².